The van der Waals surface area contributed by atoms with Crippen LogP contribution in [0.2, 0.25) is 0 Å². The summed E-state index contributed by atoms with van der Waals surface area (Å²) in [5.41, 5.74) is 10.8. The fraction of sp³-hybridized carbons (Fsp3) is 0.174. The maximum Gasteiger partial charge on any atom is 0.338 e. The van der Waals surface area contributed by atoms with Gasteiger partial charge in [0.2, 0.25) is 11.6 Å². The van der Waals surface area contributed by atoms with Gasteiger partial charge in [-0.05, 0) is 57.6 Å². The van der Waals surface area contributed by atoms with Crippen LogP contribution in [0.15, 0.2) is 146 Å². The summed E-state index contributed by atoms with van der Waals surface area (Å²) in [5, 5.41) is 0. The molecule has 4 aliphatic rings. The van der Waals surface area contributed by atoms with E-state index in [2.05, 4.69) is 24.3 Å². The zero-order chi connectivity index (χ0) is 36.3. The van der Waals surface area contributed by atoms with E-state index < -0.39 is 35.7 Å². The van der Waals surface area contributed by atoms with Gasteiger partial charge >= 0.3 is 11.9 Å². The van der Waals surface area contributed by atoms with Crippen molar-refractivity contribution < 1.29 is 38.0 Å². The van der Waals surface area contributed by atoms with Gasteiger partial charge in [-0.25, -0.2) is 9.59 Å². The van der Waals surface area contributed by atoms with Crippen LogP contribution in [0.25, 0.3) is 33.4 Å². The summed E-state index contributed by atoms with van der Waals surface area (Å²) in [4.78, 5) is 26.3. The minimum absolute atomic E-state index is 0.200. The monoisotopic (exact) mass is 714 g/mol. The van der Waals surface area contributed by atoms with Crippen LogP contribution >= 0.6 is 0 Å². The molecule has 6 aromatic carbocycles. The summed E-state index contributed by atoms with van der Waals surface area (Å²) in [6, 6.07) is 46.6. The molecule has 2 fully saturated rings. The molecule has 2 heterocycles. The van der Waals surface area contributed by atoms with Crippen LogP contribution in [0, 0.1) is 0 Å². The summed E-state index contributed by atoms with van der Waals surface area (Å²) in [6.45, 7) is 0.801. The van der Waals surface area contributed by atoms with Crippen molar-refractivity contribution in [3.05, 3.63) is 179 Å². The second-order valence-corrected chi connectivity index (χ2v) is 13.9. The molecule has 0 unspecified atom stereocenters. The van der Waals surface area contributed by atoms with E-state index in [1.807, 2.05) is 97.1 Å². The number of benzene rings is 6. The Morgan fingerprint density at radius 2 is 0.685 bits per heavy atom. The summed E-state index contributed by atoms with van der Waals surface area (Å²) in [5.74, 6) is -2.93. The average molecular weight is 715 g/mol. The Morgan fingerprint density at radius 3 is 0.981 bits per heavy atom. The highest BCUT2D eigenvalue weighted by molar-refractivity contribution is 5.91. The summed E-state index contributed by atoms with van der Waals surface area (Å²) in [6.07, 6.45) is -1.11. The fourth-order valence-electron chi connectivity index (χ4n) is 8.13. The minimum atomic E-state index is -1.01. The normalized spacial score (nSPS) is 18.7. The van der Waals surface area contributed by atoms with Crippen molar-refractivity contribution in [2.75, 3.05) is 26.4 Å². The number of rotatable bonds is 5. The predicted octanol–water partition coefficient (Wildman–Crippen LogP) is 8.26. The van der Waals surface area contributed by atoms with E-state index in [1.165, 1.54) is 0 Å². The number of esters is 2. The lowest BCUT2D eigenvalue weighted by Crippen LogP contribution is -2.45. The van der Waals surface area contributed by atoms with Gasteiger partial charge < -0.3 is 28.4 Å². The molecule has 2 aliphatic heterocycles. The molecule has 266 valence electrons. The van der Waals surface area contributed by atoms with Gasteiger partial charge in [0.05, 0.1) is 37.6 Å². The molecule has 54 heavy (non-hydrogen) atoms. The molecule has 10 rings (SSSR count). The van der Waals surface area contributed by atoms with Gasteiger partial charge in [0.1, 0.15) is 12.2 Å². The molecule has 0 aromatic heterocycles. The number of ether oxygens (including phenoxy) is 6. The third-order valence-corrected chi connectivity index (χ3v) is 10.7. The third-order valence-electron chi connectivity index (χ3n) is 10.7. The van der Waals surface area contributed by atoms with E-state index in [1.54, 1.807) is 24.3 Å². The van der Waals surface area contributed by atoms with Crippen LogP contribution < -0.4 is 0 Å². The lowest BCUT2D eigenvalue weighted by atomic mass is 10.0. The summed E-state index contributed by atoms with van der Waals surface area (Å²) >= 11 is 0. The molecule has 0 amide bonds. The molecule has 2 spiro atoms. The van der Waals surface area contributed by atoms with Crippen LogP contribution in [0.1, 0.15) is 43.0 Å². The number of hydrogen-bond donors (Lipinski definition) is 0. The minimum Gasteiger partial charge on any atom is -0.454 e. The molecule has 8 heteroatoms. The van der Waals surface area contributed by atoms with Crippen LogP contribution in [0.4, 0.5) is 0 Å². The van der Waals surface area contributed by atoms with E-state index in [0.29, 0.717) is 11.1 Å². The van der Waals surface area contributed by atoms with Gasteiger partial charge in [0.15, 0.2) is 0 Å². The number of carbonyl (C=O) groups is 2. The Hall–Kier alpha value is -5.90. The molecule has 0 saturated carbocycles. The van der Waals surface area contributed by atoms with Crippen molar-refractivity contribution in [2.24, 2.45) is 0 Å². The van der Waals surface area contributed by atoms with Crippen molar-refractivity contribution in [1.29, 1.82) is 0 Å². The van der Waals surface area contributed by atoms with Crippen molar-refractivity contribution in [1.82, 2.24) is 0 Å². The zero-order valence-corrected chi connectivity index (χ0v) is 29.1. The van der Waals surface area contributed by atoms with E-state index >= 15 is 0 Å². The Balaban J connectivity index is 0.748. The Labute approximate surface area is 311 Å². The van der Waals surface area contributed by atoms with Gasteiger partial charge in [-0.15, -0.1) is 0 Å². The number of hydrogen-bond acceptors (Lipinski definition) is 8. The largest absolute Gasteiger partial charge is 0.454 e. The first-order valence-corrected chi connectivity index (χ1v) is 18.1. The highest BCUT2D eigenvalue weighted by Crippen LogP contribution is 2.52. The third kappa shape index (κ3) is 5.21. The predicted molar refractivity (Wildman–Crippen MR) is 199 cm³/mol. The smallest absolute Gasteiger partial charge is 0.338 e. The summed E-state index contributed by atoms with van der Waals surface area (Å²) < 4.78 is 37.1. The van der Waals surface area contributed by atoms with Crippen LogP contribution in [-0.2, 0) is 40.0 Å². The van der Waals surface area contributed by atoms with Gasteiger partial charge in [-0.3, -0.25) is 0 Å². The number of fused-ring (bicyclic) bond motifs is 10. The highest BCUT2D eigenvalue weighted by atomic mass is 16.7. The fourth-order valence-corrected chi connectivity index (χ4v) is 8.13. The SMILES string of the molecule is O=C(OC1COC2(OC1)c1ccccc1-c1ccccc12)c1ccc(-c2ccc(C(=O)OC3COC4(OC3)c3ccccc3-c3ccccc34)cc2)cc1. The van der Waals surface area contributed by atoms with E-state index in [0.717, 1.165) is 55.6 Å². The second kappa shape index (κ2) is 12.9. The van der Waals surface area contributed by atoms with Gasteiger partial charge in [-0.1, -0.05) is 121 Å². The Morgan fingerprint density at radius 1 is 0.407 bits per heavy atom. The van der Waals surface area contributed by atoms with Crippen LogP contribution in [0.3, 0.4) is 0 Å². The molecular weight excluding hydrogens is 680 g/mol. The maximum atomic E-state index is 13.1. The lowest BCUT2D eigenvalue weighted by Gasteiger charge is -2.38. The number of carbonyl (C=O) groups excluding carboxylic acids is 2. The summed E-state index contributed by atoms with van der Waals surface area (Å²) in [7, 11) is 0. The van der Waals surface area contributed by atoms with E-state index in [9.17, 15) is 9.59 Å². The molecule has 2 saturated heterocycles. The van der Waals surface area contributed by atoms with E-state index in [4.69, 9.17) is 28.4 Å². The Bertz CT molecular complexity index is 2140. The van der Waals surface area contributed by atoms with Crippen molar-refractivity contribution in [2.45, 2.75) is 23.8 Å². The second-order valence-electron chi connectivity index (χ2n) is 13.9. The molecule has 0 bridgehead atoms. The molecule has 2 aliphatic carbocycles. The topological polar surface area (TPSA) is 89.5 Å². The quantitative estimate of drug-likeness (QED) is 0.165. The first-order valence-electron chi connectivity index (χ1n) is 18.1. The first kappa shape index (κ1) is 32.7. The first-order chi connectivity index (χ1) is 26.5. The van der Waals surface area contributed by atoms with Crippen LogP contribution in [-0.4, -0.2) is 50.6 Å². The molecule has 6 aromatic rings. The van der Waals surface area contributed by atoms with Gasteiger partial charge in [0.25, 0.3) is 0 Å². The molecule has 0 radical (unpaired) electrons. The Kier molecular flexibility index (Phi) is 7.82. The molecular formula is C46H34O8. The van der Waals surface area contributed by atoms with Crippen LogP contribution in [0.5, 0.6) is 0 Å². The van der Waals surface area contributed by atoms with Crippen molar-refractivity contribution in [3.8, 4) is 33.4 Å². The average Bonchev–Trinajstić information content (AvgIpc) is 3.66. The highest BCUT2D eigenvalue weighted by Gasteiger charge is 2.50. The molecule has 0 N–H and O–H groups in total. The van der Waals surface area contributed by atoms with E-state index in [-0.39, 0.29) is 26.4 Å². The van der Waals surface area contributed by atoms with Gasteiger partial charge in [-0.2, -0.15) is 0 Å². The molecule has 0 atom stereocenters. The maximum absolute atomic E-state index is 13.1. The zero-order valence-electron chi connectivity index (χ0n) is 29.1. The standard InChI is InChI=1S/C46H34O8/c47-43(53-33-25-49-45(50-26-33)39-13-5-1-9-35(39)36-10-2-6-14-40(36)45)31-21-17-29(18-22-31)30-19-23-32(24-20-30)44(48)54-34-27-51-46(52-28-34)41-15-7-3-11-37(41)38-12-4-8-16-42(38)46/h1-24,33-34H,25-28H2. The van der Waals surface area contributed by atoms with Crippen molar-refractivity contribution in [3.63, 3.8) is 0 Å². The van der Waals surface area contributed by atoms with Crippen molar-refractivity contribution >= 4 is 11.9 Å². The lowest BCUT2D eigenvalue weighted by molar-refractivity contribution is -0.275. The molecule has 8 nitrogen and oxygen atoms in total. The van der Waals surface area contributed by atoms with Gasteiger partial charge in [0, 0.05) is 22.3 Å².